The Morgan fingerprint density at radius 1 is 1.24 bits per heavy atom. The fraction of sp³-hybridized carbons (Fsp3) is 0.588. The van der Waals surface area contributed by atoms with E-state index in [0.29, 0.717) is 6.04 Å². The van der Waals surface area contributed by atoms with Crippen molar-refractivity contribution in [1.29, 1.82) is 0 Å². The van der Waals surface area contributed by atoms with Gasteiger partial charge in [0, 0.05) is 11.7 Å². The Balaban J connectivity index is 1.67. The van der Waals surface area contributed by atoms with Gasteiger partial charge in [0.15, 0.2) is 0 Å². The number of ether oxygens (including phenoxy) is 1. The highest BCUT2D eigenvalue weighted by Crippen LogP contribution is 2.44. The van der Waals surface area contributed by atoms with E-state index < -0.39 is 11.8 Å². The number of anilines is 1. The van der Waals surface area contributed by atoms with E-state index >= 15 is 0 Å². The summed E-state index contributed by atoms with van der Waals surface area (Å²) in [5.41, 5.74) is 0.801. The predicted molar refractivity (Wildman–Crippen MR) is 79.8 cm³/mol. The number of benzene rings is 1. The highest BCUT2D eigenvalue weighted by atomic mass is 19.1. The van der Waals surface area contributed by atoms with Crippen molar-refractivity contribution in [3.05, 3.63) is 29.6 Å². The summed E-state index contributed by atoms with van der Waals surface area (Å²) < 4.78 is 18.2. The number of carbonyl (C=O) groups is 1. The van der Waals surface area contributed by atoms with Crippen LogP contribution in [0, 0.1) is 17.7 Å². The largest absolute Gasteiger partial charge is 0.465 e. The predicted octanol–water partition coefficient (Wildman–Crippen LogP) is 3.99. The molecule has 2 unspecified atom stereocenters. The summed E-state index contributed by atoms with van der Waals surface area (Å²) >= 11 is 0. The maximum Gasteiger partial charge on any atom is 0.340 e. The van der Waals surface area contributed by atoms with Gasteiger partial charge in [0.1, 0.15) is 5.82 Å². The van der Waals surface area contributed by atoms with E-state index in [4.69, 9.17) is 0 Å². The quantitative estimate of drug-likeness (QED) is 0.852. The lowest BCUT2D eigenvalue weighted by Gasteiger charge is -2.30. The smallest absolute Gasteiger partial charge is 0.340 e. The summed E-state index contributed by atoms with van der Waals surface area (Å²) in [5, 5.41) is 3.47. The molecule has 1 N–H and O–H groups in total. The van der Waals surface area contributed by atoms with Gasteiger partial charge in [-0.15, -0.1) is 0 Å². The fourth-order valence-corrected chi connectivity index (χ4v) is 3.47. The van der Waals surface area contributed by atoms with Gasteiger partial charge in [-0.05, 0) is 55.7 Å². The fourth-order valence-electron chi connectivity index (χ4n) is 3.47. The van der Waals surface area contributed by atoms with Gasteiger partial charge in [0.05, 0.1) is 12.7 Å². The zero-order chi connectivity index (χ0) is 14.8. The lowest BCUT2D eigenvalue weighted by atomic mass is 9.82. The first-order valence-corrected chi connectivity index (χ1v) is 7.82. The second-order valence-electron chi connectivity index (χ2n) is 6.29. The van der Waals surface area contributed by atoms with Crippen LogP contribution < -0.4 is 5.32 Å². The molecule has 0 amide bonds. The third kappa shape index (κ3) is 3.36. The minimum Gasteiger partial charge on any atom is -0.465 e. The average molecular weight is 291 g/mol. The molecular weight excluding hydrogens is 269 g/mol. The Morgan fingerprint density at radius 3 is 2.76 bits per heavy atom. The van der Waals surface area contributed by atoms with Gasteiger partial charge < -0.3 is 10.1 Å². The Bertz CT molecular complexity index is 528. The number of rotatable bonds is 4. The van der Waals surface area contributed by atoms with Crippen molar-refractivity contribution in [2.24, 2.45) is 11.8 Å². The van der Waals surface area contributed by atoms with Crippen molar-refractivity contribution in [1.82, 2.24) is 0 Å². The lowest BCUT2D eigenvalue weighted by molar-refractivity contribution is 0.0595. The summed E-state index contributed by atoms with van der Waals surface area (Å²) in [5.74, 6) is 0.618. The molecule has 1 aromatic rings. The van der Waals surface area contributed by atoms with Gasteiger partial charge in [-0.3, -0.25) is 0 Å². The van der Waals surface area contributed by atoms with E-state index in [1.54, 1.807) is 12.1 Å². The molecule has 2 aliphatic carbocycles. The van der Waals surface area contributed by atoms with Crippen molar-refractivity contribution >= 4 is 11.7 Å². The Kier molecular flexibility index (Phi) is 4.13. The highest BCUT2D eigenvalue weighted by molar-refractivity contribution is 5.90. The molecule has 4 heteroatoms. The van der Waals surface area contributed by atoms with Gasteiger partial charge in [0.2, 0.25) is 0 Å². The van der Waals surface area contributed by atoms with E-state index in [0.717, 1.165) is 23.9 Å². The molecule has 21 heavy (non-hydrogen) atoms. The van der Waals surface area contributed by atoms with Crippen molar-refractivity contribution < 1.29 is 13.9 Å². The van der Waals surface area contributed by atoms with Crippen LogP contribution in [0.5, 0.6) is 0 Å². The van der Waals surface area contributed by atoms with Crippen LogP contribution in [0.15, 0.2) is 18.2 Å². The molecule has 0 aliphatic heterocycles. The maximum atomic E-state index is 13.6. The van der Waals surface area contributed by atoms with Crippen molar-refractivity contribution in [2.45, 2.75) is 44.6 Å². The van der Waals surface area contributed by atoms with Crippen LogP contribution in [0.2, 0.25) is 0 Å². The molecule has 114 valence electrons. The van der Waals surface area contributed by atoms with Crippen molar-refractivity contribution in [2.75, 3.05) is 12.4 Å². The molecule has 2 aliphatic rings. The molecule has 0 saturated heterocycles. The van der Waals surface area contributed by atoms with Crippen LogP contribution in [-0.4, -0.2) is 19.1 Å². The second-order valence-corrected chi connectivity index (χ2v) is 6.29. The normalized spacial score (nSPS) is 25.4. The van der Waals surface area contributed by atoms with E-state index in [9.17, 15) is 9.18 Å². The standard InChI is InChI=1S/C17H22FNO2/c1-21-17(20)15-10-14(7-8-16(15)18)19-13-4-2-3-12(9-13)11-5-6-11/h7-8,10-13,19H,2-6,9H2,1H3. The molecule has 0 radical (unpaired) electrons. The summed E-state index contributed by atoms with van der Waals surface area (Å²) in [6.07, 6.45) is 7.72. The SMILES string of the molecule is COC(=O)c1cc(NC2CCCC(C3CC3)C2)ccc1F. The van der Waals surface area contributed by atoms with Crippen LogP contribution in [-0.2, 0) is 4.74 Å². The van der Waals surface area contributed by atoms with Gasteiger partial charge in [-0.2, -0.15) is 0 Å². The third-order valence-corrected chi connectivity index (χ3v) is 4.75. The van der Waals surface area contributed by atoms with E-state index in [2.05, 4.69) is 10.1 Å². The zero-order valence-electron chi connectivity index (χ0n) is 12.4. The summed E-state index contributed by atoms with van der Waals surface area (Å²) in [6, 6.07) is 5.01. The molecule has 1 aromatic carbocycles. The molecule has 2 saturated carbocycles. The first-order valence-electron chi connectivity index (χ1n) is 7.82. The summed E-state index contributed by atoms with van der Waals surface area (Å²) in [4.78, 5) is 11.5. The van der Waals surface area contributed by atoms with E-state index in [-0.39, 0.29) is 5.56 Å². The summed E-state index contributed by atoms with van der Waals surface area (Å²) in [7, 11) is 1.27. The number of halogens is 1. The topological polar surface area (TPSA) is 38.3 Å². The number of esters is 1. The third-order valence-electron chi connectivity index (χ3n) is 4.75. The van der Waals surface area contributed by atoms with E-state index in [1.807, 2.05) is 0 Å². The van der Waals surface area contributed by atoms with Gasteiger partial charge in [-0.25, -0.2) is 9.18 Å². The molecular formula is C17H22FNO2. The number of hydrogen-bond acceptors (Lipinski definition) is 3. The Hall–Kier alpha value is -1.58. The number of nitrogens with one attached hydrogen (secondary N) is 1. The summed E-state index contributed by atoms with van der Waals surface area (Å²) in [6.45, 7) is 0. The zero-order valence-corrected chi connectivity index (χ0v) is 12.4. The molecule has 0 heterocycles. The maximum absolute atomic E-state index is 13.6. The molecule has 3 rings (SSSR count). The van der Waals surface area contributed by atoms with Crippen LogP contribution in [0.4, 0.5) is 10.1 Å². The van der Waals surface area contributed by atoms with Crippen LogP contribution >= 0.6 is 0 Å². The molecule has 0 bridgehead atoms. The first-order chi connectivity index (χ1) is 10.2. The molecule has 3 nitrogen and oxygen atoms in total. The van der Waals surface area contributed by atoms with Crippen LogP contribution in [0.3, 0.4) is 0 Å². The average Bonchev–Trinajstić information content (AvgIpc) is 3.33. The number of carbonyl (C=O) groups excluding carboxylic acids is 1. The van der Waals surface area contributed by atoms with Crippen molar-refractivity contribution in [3.8, 4) is 0 Å². The second kappa shape index (κ2) is 6.04. The monoisotopic (exact) mass is 291 g/mol. The van der Waals surface area contributed by atoms with Gasteiger partial charge in [0.25, 0.3) is 0 Å². The van der Waals surface area contributed by atoms with Gasteiger partial charge >= 0.3 is 5.97 Å². The van der Waals surface area contributed by atoms with Gasteiger partial charge in [-0.1, -0.05) is 12.8 Å². The first kappa shape index (κ1) is 14.4. The Morgan fingerprint density at radius 2 is 2.05 bits per heavy atom. The number of methoxy groups -OCH3 is 1. The molecule has 0 spiro atoms. The highest BCUT2D eigenvalue weighted by Gasteiger charge is 2.34. The molecule has 0 aromatic heterocycles. The molecule has 2 atom stereocenters. The number of hydrogen-bond donors (Lipinski definition) is 1. The van der Waals surface area contributed by atoms with Crippen molar-refractivity contribution in [3.63, 3.8) is 0 Å². The molecule has 2 fully saturated rings. The minimum atomic E-state index is -0.629. The van der Waals surface area contributed by atoms with Crippen LogP contribution in [0.25, 0.3) is 0 Å². The van der Waals surface area contributed by atoms with E-state index in [1.165, 1.54) is 45.3 Å². The Labute approximate surface area is 124 Å². The lowest BCUT2D eigenvalue weighted by Crippen LogP contribution is -2.28. The van der Waals surface area contributed by atoms with Crippen LogP contribution in [0.1, 0.15) is 48.9 Å². The minimum absolute atomic E-state index is 0.00273.